The molecule has 0 radical (unpaired) electrons. The average Bonchev–Trinajstić information content (AvgIpc) is 3.01. The number of nitrogens with one attached hydrogen (secondary N) is 2. The summed E-state index contributed by atoms with van der Waals surface area (Å²) < 4.78 is 51.1. The van der Waals surface area contributed by atoms with Crippen LogP contribution < -0.4 is 15.5 Å². The molecule has 1 aliphatic rings. The standard InChI is InChI=1S/C19H17F4N3O2/c20-14-4-6-16(7-5-14)26-11-12(8-17(26)27)10-24-18(28)25-15-3-1-2-13(9-15)19(21,22)23/h1-7,9,12H,8,10-11H2,(H2,24,25,28). The lowest BCUT2D eigenvalue weighted by Crippen LogP contribution is -2.34. The largest absolute Gasteiger partial charge is 0.416 e. The Balaban J connectivity index is 1.53. The third-order valence-electron chi connectivity index (χ3n) is 4.34. The predicted molar refractivity (Wildman–Crippen MR) is 95.3 cm³/mol. The van der Waals surface area contributed by atoms with Crippen LogP contribution in [-0.4, -0.2) is 25.0 Å². The van der Waals surface area contributed by atoms with Crippen LogP contribution in [0.25, 0.3) is 0 Å². The van der Waals surface area contributed by atoms with Crippen LogP contribution in [0.2, 0.25) is 0 Å². The van der Waals surface area contributed by atoms with E-state index in [1.165, 1.54) is 41.3 Å². The summed E-state index contributed by atoms with van der Waals surface area (Å²) in [6.45, 7) is 0.530. The van der Waals surface area contributed by atoms with Gasteiger partial charge in [0.25, 0.3) is 0 Å². The summed E-state index contributed by atoms with van der Waals surface area (Å²) >= 11 is 0. The van der Waals surface area contributed by atoms with Crippen molar-refractivity contribution >= 4 is 23.3 Å². The summed E-state index contributed by atoms with van der Waals surface area (Å²) in [5.41, 5.74) is -0.272. The van der Waals surface area contributed by atoms with Gasteiger partial charge in [0.1, 0.15) is 5.82 Å². The zero-order valence-corrected chi connectivity index (χ0v) is 14.6. The number of rotatable bonds is 4. The Labute approximate surface area is 158 Å². The van der Waals surface area contributed by atoms with Crippen LogP contribution in [0.15, 0.2) is 48.5 Å². The highest BCUT2D eigenvalue weighted by atomic mass is 19.4. The van der Waals surface area contributed by atoms with E-state index in [-0.39, 0.29) is 30.5 Å². The molecule has 0 saturated carbocycles. The summed E-state index contributed by atoms with van der Waals surface area (Å²) in [5, 5.41) is 4.91. The second kappa shape index (κ2) is 7.87. The van der Waals surface area contributed by atoms with Crippen LogP contribution in [0.3, 0.4) is 0 Å². The summed E-state index contributed by atoms with van der Waals surface area (Å²) in [4.78, 5) is 25.6. The van der Waals surface area contributed by atoms with Crippen molar-refractivity contribution in [1.82, 2.24) is 5.32 Å². The minimum absolute atomic E-state index is 0.0164. The number of carbonyl (C=O) groups is 2. The van der Waals surface area contributed by atoms with Crippen LogP contribution in [0.5, 0.6) is 0 Å². The first kappa shape index (κ1) is 19.7. The number of alkyl halides is 3. The number of hydrogen-bond acceptors (Lipinski definition) is 2. The second-order valence-corrected chi connectivity index (χ2v) is 6.46. The van der Waals surface area contributed by atoms with Crippen LogP contribution in [0.1, 0.15) is 12.0 Å². The van der Waals surface area contributed by atoms with E-state index >= 15 is 0 Å². The molecule has 3 amide bonds. The summed E-state index contributed by atoms with van der Waals surface area (Å²) in [5.74, 6) is -0.707. The Morgan fingerprint density at radius 2 is 1.86 bits per heavy atom. The average molecular weight is 395 g/mol. The first-order valence-corrected chi connectivity index (χ1v) is 8.50. The molecular formula is C19H17F4N3O2. The maximum atomic E-state index is 13.0. The zero-order valence-electron chi connectivity index (χ0n) is 14.6. The molecule has 1 fully saturated rings. The number of carbonyl (C=O) groups excluding carboxylic acids is 2. The van der Waals surface area contributed by atoms with Crippen molar-refractivity contribution in [2.24, 2.45) is 5.92 Å². The molecule has 1 atom stereocenters. The Morgan fingerprint density at radius 3 is 2.54 bits per heavy atom. The smallest absolute Gasteiger partial charge is 0.338 e. The van der Waals surface area contributed by atoms with E-state index in [4.69, 9.17) is 0 Å². The van der Waals surface area contributed by atoms with Gasteiger partial charge in [0.15, 0.2) is 0 Å². The fourth-order valence-electron chi connectivity index (χ4n) is 2.97. The van der Waals surface area contributed by atoms with Gasteiger partial charge in [0, 0.05) is 36.8 Å². The van der Waals surface area contributed by atoms with Crippen LogP contribution >= 0.6 is 0 Å². The van der Waals surface area contributed by atoms with Crippen LogP contribution in [0, 0.1) is 11.7 Å². The number of benzene rings is 2. The fourth-order valence-corrected chi connectivity index (χ4v) is 2.97. The molecule has 0 spiro atoms. The molecule has 0 bridgehead atoms. The lowest BCUT2D eigenvalue weighted by molar-refractivity contribution is -0.137. The summed E-state index contributed by atoms with van der Waals surface area (Å²) in [7, 11) is 0. The molecular weight excluding hydrogens is 378 g/mol. The number of halogens is 4. The maximum Gasteiger partial charge on any atom is 0.416 e. The quantitative estimate of drug-likeness (QED) is 0.769. The van der Waals surface area contributed by atoms with Gasteiger partial charge < -0.3 is 15.5 Å². The molecule has 0 aromatic heterocycles. The molecule has 1 heterocycles. The molecule has 2 N–H and O–H groups in total. The first-order valence-electron chi connectivity index (χ1n) is 8.50. The van der Waals surface area contributed by atoms with Crippen LogP contribution in [0.4, 0.5) is 33.7 Å². The lowest BCUT2D eigenvalue weighted by atomic mass is 10.1. The molecule has 1 unspecified atom stereocenters. The number of urea groups is 1. The highest BCUT2D eigenvalue weighted by Gasteiger charge is 2.31. The molecule has 9 heteroatoms. The van der Waals surface area contributed by atoms with Gasteiger partial charge in [-0.05, 0) is 42.5 Å². The number of nitrogens with zero attached hydrogens (tertiary/aromatic N) is 1. The van der Waals surface area contributed by atoms with E-state index in [0.717, 1.165) is 12.1 Å². The van der Waals surface area contributed by atoms with E-state index in [2.05, 4.69) is 10.6 Å². The first-order chi connectivity index (χ1) is 13.2. The molecule has 2 aromatic carbocycles. The lowest BCUT2D eigenvalue weighted by Gasteiger charge is -2.17. The molecule has 28 heavy (non-hydrogen) atoms. The number of amides is 3. The van der Waals surface area contributed by atoms with Crippen molar-refractivity contribution in [3.63, 3.8) is 0 Å². The highest BCUT2D eigenvalue weighted by Crippen LogP contribution is 2.30. The number of hydrogen-bond donors (Lipinski definition) is 2. The number of anilines is 2. The topological polar surface area (TPSA) is 61.4 Å². The van der Waals surface area contributed by atoms with Crippen molar-refractivity contribution in [3.8, 4) is 0 Å². The van der Waals surface area contributed by atoms with Gasteiger partial charge in [-0.1, -0.05) is 6.07 Å². The Morgan fingerprint density at radius 1 is 1.14 bits per heavy atom. The second-order valence-electron chi connectivity index (χ2n) is 6.46. The Kier molecular flexibility index (Phi) is 5.53. The molecule has 2 aromatic rings. The van der Waals surface area contributed by atoms with Crippen LogP contribution in [-0.2, 0) is 11.0 Å². The molecule has 3 rings (SSSR count). The van der Waals surface area contributed by atoms with Gasteiger partial charge in [-0.3, -0.25) is 4.79 Å². The third kappa shape index (κ3) is 4.79. The van der Waals surface area contributed by atoms with Crippen molar-refractivity contribution < 1.29 is 27.2 Å². The van der Waals surface area contributed by atoms with E-state index in [1.54, 1.807) is 0 Å². The monoisotopic (exact) mass is 395 g/mol. The van der Waals surface area contributed by atoms with E-state index in [0.29, 0.717) is 12.2 Å². The van der Waals surface area contributed by atoms with E-state index < -0.39 is 23.6 Å². The van der Waals surface area contributed by atoms with E-state index in [9.17, 15) is 27.2 Å². The predicted octanol–water partition coefficient (Wildman–Crippen LogP) is 4.02. The summed E-state index contributed by atoms with van der Waals surface area (Å²) in [6.07, 6.45) is -4.29. The molecule has 1 aliphatic heterocycles. The van der Waals surface area contributed by atoms with Gasteiger partial charge in [0.05, 0.1) is 5.56 Å². The minimum atomic E-state index is -4.50. The van der Waals surface area contributed by atoms with Gasteiger partial charge in [-0.15, -0.1) is 0 Å². The zero-order chi connectivity index (χ0) is 20.3. The molecule has 0 aliphatic carbocycles. The van der Waals surface area contributed by atoms with Gasteiger partial charge in [0.2, 0.25) is 5.91 Å². The SMILES string of the molecule is O=C(NCC1CC(=O)N(c2ccc(F)cc2)C1)Nc1cccc(C(F)(F)F)c1. The van der Waals surface area contributed by atoms with Gasteiger partial charge in [-0.2, -0.15) is 13.2 Å². The van der Waals surface area contributed by atoms with E-state index in [1.807, 2.05) is 0 Å². The molecule has 148 valence electrons. The highest BCUT2D eigenvalue weighted by molar-refractivity contribution is 5.96. The van der Waals surface area contributed by atoms with Gasteiger partial charge >= 0.3 is 12.2 Å². The van der Waals surface area contributed by atoms with Crippen molar-refractivity contribution in [1.29, 1.82) is 0 Å². The Hall–Kier alpha value is -3.10. The van der Waals surface area contributed by atoms with Gasteiger partial charge in [-0.25, -0.2) is 9.18 Å². The fraction of sp³-hybridized carbons (Fsp3) is 0.263. The Bertz CT molecular complexity index is 868. The maximum absolute atomic E-state index is 13.0. The third-order valence-corrected chi connectivity index (χ3v) is 4.34. The minimum Gasteiger partial charge on any atom is -0.338 e. The van der Waals surface area contributed by atoms with Crippen molar-refractivity contribution in [2.75, 3.05) is 23.3 Å². The molecule has 1 saturated heterocycles. The summed E-state index contributed by atoms with van der Waals surface area (Å²) in [6, 6.07) is 9.18. The van der Waals surface area contributed by atoms with Crippen molar-refractivity contribution in [3.05, 3.63) is 59.9 Å². The van der Waals surface area contributed by atoms with Crippen molar-refractivity contribution in [2.45, 2.75) is 12.6 Å². The normalized spacial score (nSPS) is 16.9. The molecule has 5 nitrogen and oxygen atoms in total.